The lowest BCUT2D eigenvalue weighted by Gasteiger charge is -2.25. The fraction of sp³-hybridized carbons (Fsp3) is 0.400. The number of rotatable bonds is 2. The molecule has 1 heterocycles. The summed E-state index contributed by atoms with van der Waals surface area (Å²) in [5.74, 6) is -1.05. The van der Waals surface area contributed by atoms with Gasteiger partial charge in [-0.25, -0.2) is 4.79 Å². The lowest BCUT2D eigenvalue weighted by atomic mass is 10.1. The maximum Gasteiger partial charge on any atom is 0.328 e. The number of aliphatic carboxylic acids is 1. The number of amides is 1. The van der Waals surface area contributed by atoms with Crippen LogP contribution in [-0.2, 0) is 9.59 Å². The van der Waals surface area contributed by atoms with Gasteiger partial charge in [-0.1, -0.05) is 6.08 Å². The molecule has 76 valence electrons. The van der Waals surface area contributed by atoms with Crippen molar-refractivity contribution < 1.29 is 14.7 Å². The Morgan fingerprint density at radius 2 is 2.29 bits per heavy atom. The maximum absolute atomic E-state index is 11.2. The van der Waals surface area contributed by atoms with Crippen molar-refractivity contribution in [1.29, 1.82) is 0 Å². The van der Waals surface area contributed by atoms with E-state index in [2.05, 4.69) is 0 Å². The van der Waals surface area contributed by atoms with Crippen LogP contribution in [0, 0.1) is 0 Å². The van der Waals surface area contributed by atoms with Crippen molar-refractivity contribution in [2.75, 3.05) is 6.54 Å². The molecule has 0 fully saturated rings. The van der Waals surface area contributed by atoms with Crippen LogP contribution in [0.4, 0.5) is 0 Å². The minimum Gasteiger partial charge on any atom is -0.478 e. The van der Waals surface area contributed by atoms with Crippen LogP contribution < -0.4 is 0 Å². The number of carboxylic acid groups (broad SMARTS) is 1. The molecule has 4 nitrogen and oxygen atoms in total. The van der Waals surface area contributed by atoms with Crippen LogP contribution in [0.1, 0.15) is 19.8 Å². The average Bonchev–Trinajstić information content (AvgIpc) is 2.15. The van der Waals surface area contributed by atoms with E-state index < -0.39 is 5.97 Å². The minimum atomic E-state index is -1.00. The Labute approximate surface area is 82.5 Å². The number of nitrogens with zero attached hydrogens (tertiary/aromatic N) is 1. The molecule has 4 heteroatoms. The Bertz CT molecular complexity index is 302. The molecule has 1 aliphatic rings. The molecule has 14 heavy (non-hydrogen) atoms. The van der Waals surface area contributed by atoms with Gasteiger partial charge in [0.25, 0.3) is 0 Å². The van der Waals surface area contributed by atoms with E-state index in [1.54, 1.807) is 4.90 Å². The van der Waals surface area contributed by atoms with E-state index in [9.17, 15) is 9.59 Å². The number of hydrogen-bond donors (Lipinski definition) is 1. The Kier molecular flexibility index (Phi) is 3.45. The van der Waals surface area contributed by atoms with Gasteiger partial charge in [0.15, 0.2) is 0 Å². The SMILES string of the molecule is CC(=O)N1CCCC=C1/C=C/C(=O)O. The van der Waals surface area contributed by atoms with E-state index >= 15 is 0 Å². The van der Waals surface area contributed by atoms with Crippen LogP contribution in [0.25, 0.3) is 0 Å². The summed E-state index contributed by atoms with van der Waals surface area (Å²) in [7, 11) is 0. The van der Waals surface area contributed by atoms with Crippen LogP contribution in [0.2, 0.25) is 0 Å². The van der Waals surface area contributed by atoms with Gasteiger partial charge in [0, 0.05) is 25.2 Å². The van der Waals surface area contributed by atoms with Crippen molar-refractivity contribution in [3.05, 3.63) is 23.9 Å². The second-order valence-corrected chi connectivity index (χ2v) is 3.11. The molecular weight excluding hydrogens is 182 g/mol. The maximum atomic E-state index is 11.2. The molecule has 0 bridgehead atoms. The zero-order valence-corrected chi connectivity index (χ0v) is 8.06. The Morgan fingerprint density at radius 3 is 2.86 bits per heavy atom. The molecule has 0 spiro atoms. The Hall–Kier alpha value is -1.58. The first-order valence-corrected chi connectivity index (χ1v) is 4.50. The van der Waals surface area contributed by atoms with E-state index in [0.717, 1.165) is 18.9 Å². The van der Waals surface area contributed by atoms with E-state index in [1.807, 2.05) is 6.08 Å². The first kappa shape index (κ1) is 10.5. The minimum absolute atomic E-state index is 0.0500. The summed E-state index contributed by atoms with van der Waals surface area (Å²) in [6.45, 7) is 2.15. The topological polar surface area (TPSA) is 57.6 Å². The van der Waals surface area contributed by atoms with E-state index in [-0.39, 0.29) is 5.91 Å². The molecule has 0 unspecified atom stereocenters. The third-order valence-corrected chi connectivity index (χ3v) is 2.03. The highest BCUT2D eigenvalue weighted by molar-refractivity contribution is 5.81. The normalized spacial score (nSPS) is 16.9. The van der Waals surface area contributed by atoms with Crippen LogP contribution in [0.3, 0.4) is 0 Å². The number of carboxylic acids is 1. The summed E-state index contributed by atoms with van der Waals surface area (Å²) >= 11 is 0. The van der Waals surface area contributed by atoms with Gasteiger partial charge in [0.1, 0.15) is 0 Å². The fourth-order valence-corrected chi connectivity index (χ4v) is 1.39. The van der Waals surface area contributed by atoms with Gasteiger partial charge >= 0.3 is 5.97 Å². The Morgan fingerprint density at radius 1 is 1.57 bits per heavy atom. The summed E-state index contributed by atoms with van der Waals surface area (Å²) in [6, 6.07) is 0. The van der Waals surface area contributed by atoms with Gasteiger partial charge in [0.2, 0.25) is 5.91 Å². The predicted octanol–water partition coefficient (Wildman–Crippen LogP) is 1.15. The van der Waals surface area contributed by atoms with Crippen molar-refractivity contribution in [1.82, 2.24) is 4.90 Å². The van der Waals surface area contributed by atoms with Crippen LogP contribution >= 0.6 is 0 Å². The lowest BCUT2D eigenvalue weighted by molar-refractivity contribution is -0.131. The van der Waals surface area contributed by atoms with Crippen molar-refractivity contribution in [2.24, 2.45) is 0 Å². The summed E-state index contributed by atoms with van der Waals surface area (Å²) in [5.41, 5.74) is 0.686. The van der Waals surface area contributed by atoms with Crippen molar-refractivity contribution in [3.8, 4) is 0 Å². The molecule has 0 radical (unpaired) electrons. The summed E-state index contributed by atoms with van der Waals surface area (Å²) in [6.07, 6.45) is 6.22. The monoisotopic (exact) mass is 195 g/mol. The second-order valence-electron chi connectivity index (χ2n) is 3.11. The quantitative estimate of drug-likeness (QED) is 0.672. The number of carbonyl (C=O) groups excluding carboxylic acids is 1. The summed E-state index contributed by atoms with van der Waals surface area (Å²) < 4.78 is 0. The predicted molar refractivity (Wildman–Crippen MR) is 51.5 cm³/mol. The molecule has 1 aliphatic heterocycles. The van der Waals surface area contributed by atoms with E-state index in [0.29, 0.717) is 12.2 Å². The second kappa shape index (κ2) is 4.60. The lowest BCUT2D eigenvalue weighted by Crippen LogP contribution is -2.30. The van der Waals surface area contributed by atoms with Gasteiger partial charge in [-0.05, 0) is 18.9 Å². The van der Waals surface area contributed by atoms with Crippen LogP contribution in [0.5, 0.6) is 0 Å². The number of allylic oxidation sites excluding steroid dienone is 2. The molecule has 0 saturated carbocycles. The highest BCUT2D eigenvalue weighted by atomic mass is 16.4. The molecule has 1 rings (SSSR count). The van der Waals surface area contributed by atoms with E-state index in [4.69, 9.17) is 5.11 Å². The summed E-state index contributed by atoms with van der Waals surface area (Å²) in [4.78, 5) is 23.0. The van der Waals surface area contributed by atoms with Crippen molar-refractivity contribution in [3.63, 3.8) is 0 Å². The smallest absolute Gasteiger partial charge is 0.328 e. The third-order valence-electron chi connectivity index (χ3n) is 2.03. The number of hydrogen-bond acceptors (Lipinski definition) is 2. The molecule has 0 saturated heterocycles. The molecule has 0 atom stereocenters. The van der Waals surface area contributed by atoms with Gasteiger partial charge in [-0.2, -0.15) is 0 Å². The summed E-state index contributed by atoms with van der Waals surface area (Å²) in [5, 5.41) is 8.45. The fourth-order valence-electron chi connectivity index (χ4n) is 1.39. The van der Waals surface area contributed by atoms with Gasteiger partial charge < -0.3 is 10.0 Å². The highest BCUT2D eigenvalue weighted by Crippen LogP contribution is 2.15. The molecule has 0 aromatic heterocycles. The van der Waals surface area contributed by atoms with Crippen LogP contribution in [-0.4, -0.2) is 28.4 Å². The number of carbonyl (C=O) groups is 2. The van der Waals surface area contributed by atoms with Crippen molar-refractivity contribution in [2.45, 2.75) is 19.8 Å². The Balaban J connectivity index is 2.77. The molecule has 1 amide bonds. The van der Waals surface area contributed by atoms with Crippen molar-refractivity contribution >= 4 is 11.9 Å². The average molecular weight is 195 g/mol. The zero-order chi connectivity index (χ0) is 10.6. The molecular formula is C10H13NO3. The van der Waals surface area contributed by atoms with Crippen LogP contribution in [0.15, 0.2) is 23.9 Å². The molecule has 1 N–H and O–H groups in total. The molecule has 0 aromatic rings. The van der Waals surface area contributed by atoms with Gasteiger partial charge in [0.05, 0.1) is 0 Å². The molecule has 0 aliphatic carbocycles. The van der Waals surface area contributed by atoms with Gasteiger partial charge in [-0.15, -0.1) is 0 Å². The van der Waals surface area contributed by atoms with Gasteiger partial charge in [-0.3, -0.25) is 4.79 Å². The third kappa shape index (κ3) is 2.73. The first-order valence-electron chi connectivity index (χ1n) is 4.50. The largest absolute Gasteiger partial charge is 0.478 e. The first-order chi connectivity index (χ1) is 6.61. The standard InChI is InChI=1S/C10H13NO3/c1-8(12)11-7-3-2-4-9(11)5-6-10(13)14/h4-6H,2-3,7H2,1H3,(H,13,14)/b6-5+. The highest BCUT2D eigenvalue weighted by Gasteiger charge is 2.14. The molecule has 0 aromatic carbocycles. The zero-order valence-electron chi connectivity index (χ0n) is 8.06. The van der Waals surface area contributed by atoms with E-state index in [1.165, 1.54) is 13.0 Å².